The first-order chi connectivity index (χ1) is 9.10. The first-order valence-electron chi connectivity index (χ1n) is 7.95. The van der Waals surface area contributed by atoms with Crippen molar-refractivity contribution in [2.75, 3.05) is 26.4 Å². The van der Waals surface area contributed by atoms with E-state index in [1.165, 1.54) is 12.8 Å². The lowest BCUT2D eigenvalue weighted by Gasteiger charge is -2.39. The summed E-state index contributed by atoms with van der Waals surface area (Å²) in [5, 5.41) is 0. The Morgan fingerprint density at radius 2 is 1.63 bits per heavy atom. The maximum absolute atomic E-state index is 6.18. The summed E-state index contributed by atoms with van der Waals surface area (Å²) in [5.74, 6) is 0. The van der Waals surface area contributed by atoms with Crippen molar-refractivity contribution in [2.24, 2.45) is 5.41 Å². The Balaban J connectivity index is 2.41. The van der Waals surface area contributed by atoms with Gasteiger partial charge in [-0.2, -0.15) is 0 Å². The van der Waals surface area contributed by atoms with E-state index in [-0.39, 0.29) is 0 Å². The Hall–Kier alpha value is 0.0969. The van der Waals surface area contributed by atoms with E-state index in [9.17, 15) is 0 Å². The molecule has 0 aromatic heterocycles. The molecule has 0 aromatic carbocycles. The van der Waals surface area contributed by atoms with E-state index in [4.69, 9.17) is 13.6 Å². The Bertz CT molecular complexity index is 234. The lowest BCUT2D eigenvalue weighted by molar-refractivity contribution is -0.106. The minimum atomic E-state index is -1.94. The van der Waals surface area contributed by atoms with Crippen molar-refractivity contribution in [2.45, 2.75) is 65.5 Å². The molecule has 1 fully saturated rings. The Morgan fingerprint density at radius 3 is 2.00 bits per heavy atom. The van der Waals surface area contributed by atoms with Crippen LogP contribution < -0.4 is 0 Å². The molecule has 1 rings (SSSR count). The fourth-order valence-corrected chi connectivity index (χ4v) is 5.52. The highest BCUT2D eigenvalue weighted by molar-refractivity contribution is 6.67. The fraction of sp³-hybridized carbons (Fsp3) is 1.00. The SMILES string of the molecule is CCCO[Si](CC)(CCCC1(C)COC1)OCCC. The first kappa shape index (κ1) is 17.1. The van der Waals surface area contributed by atoms with Gasteiger partial charge in [0.2, 0.25) is 0 Å². The van der Waals surface area contributed by atoms with Crippen LogP contribution in [-0.4, -0.2) is 35.0 Å². The number of hydrogen-bond donors (Lipinski definition) is 0. The molecule has 0 spiro atoms. The van der Waals surface area contributed by atoms with Gasteiger partial charge in [-0.05, 0) is 31.4 Å². The van der Waals surface area contributed by atoms with Crippen LogP contribution in [0.1, 0.15) is 53.4 Å². The first-order valence-corrected chi connectivity index (χ1v) is 10.2. The normalized spacial score (nSPS) is 18.3. The molecule has 0 N–H and O–H groups in total. The predicted octanol–water partition coefficient (Wildman–Crippen LogP) is 4.12. The molecule has 0 saturated carbocycles. The maximum atomic E-state index is 6.18. The van der Waals surface area contributed by atoms with Gasteiger partial charge >= 0.3 is 8.56 Å². The van der Waals surface area contributed by atoms with E-state index in [1.54, 1.807) is 0 Å². The second kappa shape index (κ2) is 8.40. The smallest absolute Gasteiger partial charge is 0.337 e. The molecule has 19 heavy (non-hydrogen) atoms. The fourth-order valence-electron chi connectivity index (χ4n) is 2.52. The molecule has 1 aliphatic heterocycles. The van der Waals surface area contributed by atoms with Gasteiger partial charge in [-0.3, -0.25) is 0 Å². The summed E-state index contributed by atoms with van der Waals surface area (Å²) < 4.78 is 17.7. The summed E-state index contributed by atoms with van der Waals surface area (Å²) in [4.78, 5) is 0. The second-order valence-electron chi connectivity index (χ2n) is 6.12. The Labute approximate surface area is 120 Å². The highest BCUT2D eigenvalue weighted by Crippen LogP contribution is 2.34. The highest BCUT2D eigenvalue weighted by Gasteiger charge is 2.38. The van der Waals surface area contributed by atoms with Gasteiger partial charge in [0.25, 0.3) is 0 Å². The molecule has 0 aromatic rings. The van der Waals surface area contributed by atoms with E-state index in [0.29, 0.717) is 5.41 Å². The average molecular weight is 289 g/mol. The largest absolute Gasteiger partial charge is 0.394 e. The molecule has 1 aliphatic rings. The van der Waals surface area contributed by atoms with E-state index in [1.807, 2.05) is 0 Å². The average Bonchev–Trinajstić information content (AvgIpc) is 2.39. The molecule has 0 bridgehead atoms. The van der Waals surface area contributed by atoms with Gasteiger partial charge in [0.15, 0.2) is 0 Å². The van der Waals surface area contributed by atoms with Crippen molar-refractivity contribution in [1.29, 1.82) is 0 Å². The van der Waals surface area contributed by atoms with Gasteiger partial charge in [0.1, 0.15) is 0 Å². The van der Waals surface area contributed by atoms with E-state index < -0.39 is 8.56 Å². The molecule has 4 heteroatoms. The van der Waals surface area contributed by atoms with Gasteiger partial charge in [-0.15, -0.1) is 0 Å². The quantitative estimate of drug-likeness (QED) is 0.535. The van der Waals surface area contributed by atoms with Crippen LogP contribution in [0.15, 0.2) is 0 Å². The molecule has 1 heterocycles. The van der Waals surface area contributed by atoms with Crippen molar-refractivity contribution < 1.29 is 13.6 Å². The molecule has 0 radical (unpaired) electrons. The minimum absolute atomic E-state index is 0.420. The topological polar surface area (TPSA) is 27.7 Å². The third-order valence-electron chi connectivity index (χ3n) is 3.92. The number of ether oxygens (including phenoxy) is 1. The van der Waals surface area contributed by atoms with Crippen molar-refractivity contribution in [3.8, 4) is 0 Å². The Morgan fingerprint density at radius 1 is 1.05 bits per heavy atom. The van der Waals surface area contributed by atoms with Crippen molar-refractivity contribution in [1.82, 2.24) is 0 Å². The molecule has 0 amide bonds. The third-order valence-corrected chi connectivity index (χ3v) is 7.57. The standard InChI is InChI=1S/C15H32O3Si/c1-5-10-17-19(7-3,18-11-6-2)12-8-9-15(4)13-16-14-15/h5-14H2,1-4H3. The highest BCUT2D eigenvalue weighted by atomic mass is 28.4. The third kappa shape index (κ3) is 5.54. The predicted molar refractivity (Wildman–Crippen MR) is 81.7 cm³/mol. The zero-order valence-corrected chi connectivity index (χ0v) is 14.3. The van der Waals surface area contributed by atoms with Crippen LogP contribution in [0.3, 0.4) is 0 Å². The zero-order chi connectivity index (χ0) is 14.2. The van der Waals surface area contributed by atoms with Crippen LogP contribution in [0, 0.1) is 5.41 Å². The molecule has 1 saturated heterocycles. The maximum Gasteiger partial charge on any atom is 0.337 e. The lowest BCUT2D eigenvalue weighted by Crippen LogP contribution is -2.43. The number of hydrogen-bond acceptors (Lipinski definition) is 3. The van der Waals surface area contributed by atoms with Crippen LogP contribution >= 0.6 is 0 Å². The summed E-state index contributed by atoms with van der Waals surface area (Å²) in [5.41, 5.74) is 0.420. The Kier molecular flexibility index (Phi) is 7.58. The van der Waals surface area contributed by atoms with Crippen molar-refractivity contribution >= 4 is 8.56 Å². The van der Waals surface area contributed by atoms with Crippen LogP contribution in [0.25, 0.3) is 0 Å². The molecule has 0 atom stereocenters. The summed E-state index contributed by atoms with van der Waals surface area (Å²) >= 11 is 0. The molecular weight excluding hydrogens is 256 g/mol. The summed E-state index contributed by atoms with van der Waals surface area (Å²) in [6, 6.07) is 2.21. The van der Waals surface area contributed by atoms with E-state index >= 15 is 0 Å². The van der Waals surface area contributed by atoms with Crippen molar-refractivity contribution in [3.05, 3.63) is 0 Å². The monoisotopic (exact) mass is 288 g/mol. The molecular formula is C15H32O3Si. The van der Waals surface area contributed by atoms with Gasteiger partial charge < -0.3 is 13.6 Å². The van der Waals surface area contributed by atoms with Gasteiger partial charge in [0.05, 0.1) is 13.2 Å². The minimum Gasteiger partial charge on any atom is -0.394 e. The molecule has 114 valence electrons. The summed E-state index contributed by atoms with van der Waals surface area (Å²) in [6.45, 7) is 12.5. The van der Waals surface area contributed by atoms with Crippen LogP contribution in [-0.2, 0) is 13.6 Å². The van der Waals surface area contributed by atoms with Crippen molar-refractivity contribution in [3.63, 3.8) is 0 Å². The van der Waals surface area contributed by atoms with Gasteiger partial charge in [0, 0.05) is 18.6 Å². The lowest BCUT2D eigenvalue weighted by atomic mass is 9.84. The molecule has 0 unspecified atom stereocenters. The summed E-state index contributed by atoms with van der Waals surface area (Å²) in [7, 11) is -1.94. The molecule has 3 nitrogen and oxygen atoms in total. The number of rotatable bonds is 11. The van der Waals surface area contributed by atoms with Crippen LogP contribution in [0.5, 0.6) is 0 Å². The summed E-state index contributed by atoms with van der Waals surface area (Å²) in [6.07, 6.45) is 4.62. The van der Waals surface area contributed by atoms with Crippen LogP contribution in [0.4, 0.5) is 0 Å². The van der Waals surface area contributed by atoms with E-state index in [2.05, 4.69) is 27.7 Å². The van der Waals surface area contributed by atoms with Crippen LogP contribution in [0.2, 0.25) is 12.1 Å². The van der Waals surface area contributed by atoms with Gasteiger partial charge in [-0.25, -0.2) is 0 Å². The second-order valence-corrected chi connectivity index (χ2v) is 9.72. The molecule has 0 aliphatic carbocycles. The van der Waals surface area contributed by atoms with Gasteiger partial charge in [-0.1, -0.05) is 34.1 Å². The van der Waals surface area contributed by atoms with E-state index in [0.717, 1.165) is 51.4 Å². The zero-order valence-electron chi connectivity index (χ0n) is 13.3.